The van der Waals surface area contributed by atoms with E-state index in [0.717, 1.165) is 38.1 Å². The molecule has 1 saturated heterocycles. The summed E-state index contributed by atoms with van der Waals surface area (Å²) in [4.78, 5) is 22.6. The van der Waals surface area contributed by atoms with Crippen LogP contribution in [-0.4, -0.2) is 42.3 Å². The van der Waals surface area contributed by atoms with Crippen LogP contribution in [0.3, 0.4) is 0 Å². The van der Waals surface area contributed by atoms with Crippen LogP contribution >= 0.6 is 0 Å². The van der Waals surface area contributed by atoms with Crippen LogP contribution in [0.1, 0.15) is 49.4 Å². The molecule has 3 heterocycles. The van der Waals surface area contributed by atoms with Crippen molar-refractivity contribution in [2.75, 3.05) is 6.54 Å². The zero-order chi connectivity index (χ0) is 14.2. The van der Waals surface area contributed by atoms with Crippen LogP contribution in [0.2, 0.25) is 0 Å². The van der Waals surface area contributed by atoms with Gasteiger partial charge in [-0.3, -0.25) is 4.79 Å². The van der Waals surface area contributed by atoms with E-state index in [4.69, 9.17) is 4.52 Å². The average molecular weight is 288 g/mol. The quantitative estimate of drug-likeness (QED) is 0.830. The minimum atomic E-state index is -0.0720. The summed E-state index contributed by atoms with van der Waals surface area (Å²) < 4.78 is 6.84. The summed E-state index contributed by atoms with van der Waals surface area (Å²) in [7, 11) is 0. The van der Waals surface area contributed by atoms with Crippen LogP contribution in [0.5, 0.6) is 0 Å². The van der Waals surface area contributed by atoms with Gasteiger partial charge in [0.25, 0.3) is 0 Å². The Balaban J connectivity index is 1.49. The van der Waals surface area contributed by atoms with E-state index in [9.17, 15) is 4.79 Å². The molecule has 2 aromatic rings. The van der Waals surface area contributed by atoms with Gasteiger partial charge < -0.3 is 9.42 Å². The Morgan fingerprint density at radius 3 is 3.05 bits per heavy atom. The van der Waals surface area contributed by atoms with Gasteiger partial charge in [-0.2, -0.15) is 10.1 Å². The maximum Gasteiger partial charge on any atom is 0.244 e. The molecule has 1 atom stereocenters. The van der Waals surface area contributed by atoms with Crippen molar-refractivity contribution in [2.45, 2.75) is 44.2 Å². The molecule has 21 heavy (non-hydrogen) atoms. The second kappa shape index (κ2) is 4.94. The van der Waals surface area contributed by atoms with Gasteiger partial charge in [-0.1, -0.05) is 5.16 Å². The molecule has 1 aliphatic carbocycles. The van der Waals surface area contributed by atoms with E-state index in [1.54, 1.807) is 6.33 Å². The zero-order valence-corrected chi connectivity index (χ0v) is 11.6. The summed E-state index contributed by atoms with van der Waals surface area (Å²) in [5.74, 6) is 1.81. The molecule has 8 heteroatoms. The second-order valence-corrected chi connectivity index (χ2v) is 5.60. The predicted molar refractivity (Wildman–Crippen MR) is 70.0 cm³/mol. The van der Waals surface area contributed by atoms with Crippen LogP contribution < -0.4 is 0 Å². The van der Waals surface area contributed by atoms with Crippen molar-refractivity contribution in [3.05, 3.63) is 24.4 Å². The molecule has 110 valence electrons. The van der Waals surface area contributed by atoms with E-state index in [0.29, 0.717) is 11.7 Å². The van der Waals surface area contributed by atoms with Gasteiger partial charge >= 0.3 is 0 Å². The SMILES string of the molecule is O=C(Cn1cncn1)N1CCC[C@@H]1c1noc(C2CC2)n1. The van der Waals surface area contributed by atoms with Crippen molar-refractivity contribution >= 4 is 5.91 Å². The van der Waals surface area contributed by atoms with Crippen LogP contribution in [0.15, 0.2) is 17.2 Å². The maximum absolute atomic E-state index is 12.4. The Labute approximate surface area is 121 Å². The molecular weight excluding hydrogens is 272 g/mol. The summed E-state index contributed by atoms with van der Waals surface area (Å²) >= 11 is 0. The van der Waals surface area contributed by atoms with Gasteiger partial charge in [0.15, 0.2) is 5.82 Å². The Kier molecular flexibility index (Phi) is 2.94. The number of carbonyl (C=O) groups is 1. The molecule has 1 saturated carbocycles. The fourth-order valence-electron chi connectivity index (χ4n) is 2.76. The normalized spacial score (nSPS) is 21.9. The van der Waals surface area contributed by atoms with Crippen LogP contribution in [-0.2, 0) is 11.3 Å². The summed E-state index contributed by atoms with van der Waals surface area (Å²) in [6.07, 6.45) is 7.06. The number of hydrogen-bond acceptors (Lipinski definition) is 6. The standard InChI is InChI=1S/C13H16N6O2/c20-11(6-18-8-14-7-15-18)19-5-1-2-10(19)12-16-13(21-17-12)9-3-4-9/h7-10H,1-6H2/t10-/m1/s1. The first kappa shape index (κ1) is 12.5. The third kappa shape index (κ3) is 2.41. The molecule has 2 aliphatic rings. The lowest BCUT2D eigenvalue weighted by Gasteiger charge is -2.21. The van der Waals surface area contributed by atoms with Crippen molar-refractivity contribution in [1.82, 2.24) is 29.8 Å². The predicted octanol–water partition coefficient (Wildman–Crippen LogP) is 0.902. The molecule has 2 fully saturated rings. The third-order valence-corrected chi connectivity index (χ3v) is 4.02. The van der Waals surface area contributed by atoms with E-state index < -0.39 is 0 Å². The van der Waals surface area contributed by atoms with E-state index in [2.05, 4.69) is 20.2 Å². The van der Waals surface area contributed by atoms with E-state index in [1.165, 1.54) is 11.0 Å². The fraction of sp³-hybridized carbons (Fsp3) is 0.615. The van der Waals surface area contributed by atoms with Gasteiger partial charge in [0.1, 0.15) is 19.2 Å². The molecule has 0 N–H and O–H groups in total. The van der Waals surface area contributed by atoms with Crippen molar-refractivity contribution in [1.29, 1.82) is 0 Å². The molecule has 4 rings (SSSR count). The Hall–Kier alpha value is -2.25. The number of hydrogen-bond donors (Lipinski definition) is 0. The topological polar surface area (TPSA) is 89.9 Å². The highest BCUT2D eigenvalue weighted by molar-refractivity contribution is 5.76. The van der Waals surface area contributed by atoms with E-state index >= 15 is 0 Å². The van der Waals surface area contributed by atoms with Gasteiger partial charge in [0.05, 0.1) is 6.04 Å². The number of amides is 1. The van der Waals surface area contributed by atoms with Gasteiger partial charge in [0.2, 0.25) is 11.8 Å². The monoisotopic (exact) mass is 288 g/mol. The molecule has 0 unspecified atom stereocenters. The minimum absolute atomic E-state index is 0.0146. The first-order valence-electron chi connectivity index (χ1n) is 7.26. The highest BCUT2D eigenvalue weighted by Gasteiger charge is 2.36. The Morgan fingerprint density at radius 2 is 2.29 bits per heavy atom. The third-order valence-electron chi connectivity index (χ3n) is 4.02. The largest absolute Gasteiger partial charge is 0.339 e. The fourth-order valence-corrected chi connectivity index (χ4v) is 2.76. The molecule has 0 spiro atoms. The van der Waals surface area contributed by atoms with Crippen LogP contribution in [0.25, 0.3) is 0 Å². The van der Waals surface area contributed by atoms with Crippen molar-refractivity contribution in [3.63, 3.8) is 0 Å². The number of rotatable bonds is 4. The molecule has 2 aromatic heterocycles. The van der Waals surface area contributed by atoms with E-state index in [1.807, 2.05) is 4.90 Å². The lowest BCUT2D eigenvalue weighted by atomic mass is 10.2. The maximum atomic E-state index is 12.4. The highest BCUT2D eigenvalue weighted by atomic mass is 16.5. The molecular formula is C13H16N6O2. The van der Waals surface area contributed by atoms with Crippen molar-refractivity contribution in [3.8, 4) is 0 Å². The van der Waals surface area contributed by atoms with Crippen LogP contribution in [0, 0.1) is 0 Å². The van der Waals surface area contributed by atoms with E-state index in [-0.39, 0.29) is 18.5 Å². The first-order chi connectivity index (χ1) is 10.3. The lowest BCUT2D eigenvalue weighted by molar-refractivity contribution is -0.133. The Morgan fingerprint density at radius 1 is 1.38 bits per heavy atom. The summed E-state index contributed by atoms with van der Waals surface area (Å²) in [6.45, 7) is 0.926. The molecule has 8 nitrogen and oxygen atoms in total. The van der Waals surface area contributed by atoms with Gasteiger partial charge in [0, 0.05) is 12.5 Å². The summed E-state index contributed by atoms with van der Waals surface area (Å²) in [5, 5.41) is 8.04. The molecule has 0 radical (unpaired) electrons. The zero-order valence-electron chi connectivity index (χ0n) is 11.6. The van der Waals surface area contributed by atoms with Crippen molar-refractivity contribution < 1.29 is 9.32 Å². The summed E-state index contributed by atoms with van der Waals surface area (Å²) in [6, 6.07) is -0.0720. The Bertz CT molecular complexity index is 633. The number of nitrogens with zero attached hydrogens (tertiary/aromatic N) is 6. The minimum Gasteiger partial charge on any atom is -0.339 e. The number of aromatic nitrogens is 5. The van der Waals surface area contributed by atoms with Crippen molar-refractivity contribution in [2.24, 2.45) is 0 Å². The smallest absolute Gasteiger partial charge is 0.244 e. The van der Waals surface area contributed by atoms with Crippen LogP contribution in [0.4, 0.5) is 0 Å². The lowest BCUT2D eigenvalue weighted by Crippen LogP contribution is -2.34. The first-order valence-corrected chi connectivity index (χ1v) is 7.26. The molecule has 0 aromatic carbocycles. The molecule has 0 bridgehead atoms. The van der Waals surface area contributed by atoms with Gasteiger partial charge in [-0.05, 0) is 25.7 Å². The molecule has 1 amide bonds. The average Bonchev–Trinajstić information content (AvgIpc) is 2.94. The summed E-state index contributed by atoms with van der Waals surface area (Å²) in [5.41, 5.74) is 0. The van der Waals surface area contributed by atoms with Gasteiger partial charge in [-0.25, -0.2) is 9.67 Å². The molecule has 1 aliphatic heterocycles. The highest BCUT2D eigenvalue weighted by Crippen LogP contribution is 2.40. The second-order valence-electron chi connectivity index (χ2n) is 5.60. The number of likely N-dealkylation sites (tertiary alicyclic amines) is 1. The van der Waals surface area contributed by atoms with Gasteiger partial charge in [-0.15, -0.1) is 0 Å². The number of carbonyl (C=O) groups excluding carboxylic acids is 1.